The Balaban J connectivity index is 2.08. The SMILES string of the molecule is CC(C)c1ccc(/C(=C\[C@H]2CCC(=O)N2C)c2ccc(Cl)c(=O)[nH]2)cc1. The lowest BCUT2D eigenvalue weighted by molar-refractivity contribution is -0.127. The van der Waals surface area contributed by atoms with Crippen LogP contribution < -0.4 is 5.56 Å². The van der Waals surface area contributed by atoms with E-state index in [1.165, 1.54) is 5.56 Å². The van der Waals surface area contributed by atoms with Crippen LogP contribution in [-0.2, 0) is 4.79 Å². The van der Waals surface area contributed by atoms with Crippen LogP contribution in [0.4, 0.5) is 0 Å². The van der Waals surface area contributed by atoms with Crippen LogP contribution in [0.25, 0.3) is 5.57 Å². The summed E-state index contributed by atoms with van der Waals surface area (Å²) < 4.78 is 0. The van der Waals surface area contributed by atoms with Gasteiger partial charge in [-0.3, -0.25) is 9.59 Å². The first-order chi connectivity index (χ1) is 12.4. The zero-order valence-corrected chi connectivity index (χ0v) is 16.0. The van der Waals surface area contributed by atoms with E-state index in [2.05, 4.69) is 49.2 Å². The molecule has 0 bridgehead atoms. The number of hydrogen-bond acceptors (Lipinski definition) is 2. The van der Waals surface area contributed by atoms with Crippen molar-refractivity contribution in [3.05, 3.63) is 74.7 Å². The minimum absolute atomic E-state index is 0.0152. The number of nitrogens with zero attached hydrogens (tertiary/aromatic N) is 1. The highest BCUT2D eigenvalue weighted by Crippen LogP contribution is 2.28. The number of nitrogens with one attached hydrogen (secondary N) is 1. The van der Waals surface area contributed by atoms with Gasteiger partial charge < -0.3 is 9.88 Å². The Kier molecular flexibility index (Phi) is 5.33. The molecule has 2 aromatic rings. The van der Waals surface area contributed by atoms with Gasteiger partial charge in [0.2, 0.25) is 5.91 Å². The zero-order valence-electron chi connectivity index (χ0n) is 15.3. The molecule has 0 saturated carbocycles. The average Bonchev–Trinajstić information content (AvgIpc) is 2.94. The summed E-state index contributed by atoms with van der Waals surface area (Å²) in [4.78, 5) is 28.5. The Labute approximate surface area is 158 Å². The van der Waals surface area contributed by atoms with Crippen molar-refractivity contribution in [3.8, 4) is 0 Å². The molecule has 5 heteroatoms. The molecule has 1 aliphatic rings. The molecule has 1 N–H and O–H groups in total. The van der Waals surface area contributed by atoms with Crippen molar-refractivity contribution in [1.82, 2.24) is 9.88 Å². The number of hydrogen-bond donors (Lipinski definition) is 1. The maximum absolute atomic E-state index is 12.0. The van der Waals surface area contributed by atoms with Crippen LogP contribution in [0.3, 0.4) is 0 Å². The van der Waals surface area contributed by atoms with Gasteiger partial charge in [-0.05, 0) is 35.6 Å². The molecule has 2 heterocycles. The molecule has 26 heavy (non-hydrogen) atoms. The fourth-order valence-electron chi connectivity index (χ4n) is 3.22. The number of carbonyl (C=O) groups is 1. The number of H-pyrrole nitrogens is 1. The first-order valence-electron chi connectivity index (χ1n) is 8.84. The number of halogens is 1. The molecule has 0 spiro atoms. The van der Waals surface area contributed by atoms with Crippen LogP contribution in [0.2, 0.25) is 5.02 Å². The van der Waals surface area contributed by atoms with Gasteiger partial charge in [-0.1, -0.05) is 55.8 Å². The van der Waals surface area contributed by atoms with E-state index in [1.54, 1.807) is 11.0 Å². The second-order valence-electron chi connectivity index (χ2n) is 7.02. The minimum atomic E-state index is -0.315. The summed E-state index contributed by atoms with van der Waals surface area (Å²) in [6, 6.07) is 11.8. The third-order valence-electron chi connectivity index (χ3n) is 4.94. The van der Waals surface area contributed by atoms with Crippen LogP contribution in [-0.4, -0.2) is 28.9 Å². The number of benzene rings is 1. The summed E-state index contributed by atoms with van der Waals surface area (Å²) >= 11 is 5.88. The third kappa shape index (κ3) is 3.75. The van der Waals surface area contributed by atoms with Crippen molar-refractivity contribution in [3.63, 3.8) is 0 Å². The predicted octanol–water partition coefficient (Wildman–Crippen LogP) is 4.20. The van der Waals surface area contributed by atoms with E-state index in [-0.39, 0.29) is 22.5 Å². The maximum Gasteiger partial charge on any atom is 0.267 e. The molecule has 1 aliphatic heterocycles. The molecule has 1 atom stereocenters. The average molecular weight is 371 g/mol. The molecule has 0 unspecified atom stereocenters. The van der Waals surface area contributed by atoms with Gasteiger partial charge >= 0.3 is 0 Å². The van der Waals surface area contributed by atoms with E-state index >= 15 is 0 Å². The zero-order chi connectivity index (χ0) is 18.8. The number of aromatic nitrogens is 1. The van der Waals surface area contributed by atoms with E-state index in [9.17, 15) is 9.59 Å². The number of rotatable bonds is 4. The van der Waals surface area contributed by atoms with Crippen molar-refractivity contribution in [1.29, 1.82) is 0 Å². The molecule has 4 nitrogen and oxygen atoms in total. The first kappa shape index (κ1) is 18.5. The van der Waals surface area contributed by atoms with Crippen LogP contribution in [0.5, 0.6) is 0 Å². The number of carbonyl (C=O) groups excluding carboxylic acids is 1. The minimum Gasteiger partial charge on any atom is -0.339 e. The molecular weight excluding hydrogens is 348 g/mol. The summed E-state index contributed by atoms with van der Waals surface area (Å²) in [5.41, 5.74) is 3.54. The van der Waals surface area contributed by atoms with E-state index in [0.717, 1.165) is 17.6 Å². The topological polar surface area (TPSA) is 53.2 Å². The maximum atomic E-state index is 12.0. The number of likely N-dealkylation sites (N-methyl/N-ethyl adjacent to an activating group) is 1. The Bertz CT molecular complexity index is 897. The second kappa shape index (κ2) is 7.50. The summed E-state index contributed by atoms with van der Waals surface area (Å²) in [5.74, 6) is 0.593. The highest BCUT2D eigenvalue weighted by Gasteiger charge is 2.26. The third-order valence-corrected chi connectivity index (χ3v) is 5.24. The highest BCUT2D eigenvalue weighted by atomic mass is 35.5. The number of aromatic amines is 1. The van der Waals surface area contributed by atoms with Crippen LogP contribution >= 0.6 is 11.6 Å². The normalized spacial score (nSPS) is 18.0. The smallest absolute Gasteiger partial charge is 0.267 e. The van der Waals surface area contributed by atoms with Gasteiger partial charge in [-0.15, -0.1) is 0 Å². The van der Waals surface area contributed by atoms with Gasteiger partial charge in [-0.25, -0.2) is 0 Å². The molecule has 0 radical (unpaired) electrons. The fourth-order valence-corrected chi connectivity index (χ4v) is 3.33. The summed E-state index contributed by atoms with van der Waals surface area (Å²) in [6.45, 7) is 4.31. The molecule has 1 amide bonds. The standard InChI is InChI=1S/C21H23ClN2O2/c1-13(2)14-4-6-15(7-5-14)17(12-16-8-11-20(25)24(16)3)19-10-9-18(22)21(26)23-19/h4-7,9-10,12-13,16H,8,11H2,1-3H3,(H,23,26)/b17-12+/t16-/m1/s1. The van der Waals surface area contributed by atoms with Gasteiger partial charge in [0.1, 0.15) is 5.02 Å². The second-order valence-corrected chi connectivity index (χ2v) is 7.42. The number of likely N-dealkylation sites (tertiary alicyclic amines) is 1. The van der Waals surface area contributed by atoms with E-state index < -0.39 is 0 Å². The molecular formula is C21H23ClN2O2. The van der Waals surface area contributed by atoms with Crippen LogP contribution in [0.15, 0.2) is 47.3 Å². The van der Waals surface area contributed by atoms with Crippen LogP contribution in [0.1, 0.15) is 49.4 Å². The Morgan fingerprint density at radius 1 is 1.19 bits per heavy atom. The Morgan fingerprint density at radius 2 is 1.88 bits per heavy atom. The van der Waals surface area contributed by atoms with Crippen molar-refractivity contribution < 1.29 is 4.79 Å². The van der Waals surface area contributed by atoms with Gasteiger partial charge in [0.15, 0.2) is 0 Å². The molecule has 1 fully saturated rings. The van der Waals surface area contributed by atoms with Crippen molar-refractivity contribution in [2.75, 3.05) is 7.05 Å². The predicted molar refractivity (Wildman–Crippen MR) is 105 cm³/mol. The first-order valence-corrected chi connectivity index (χ1v) is 9.21. The molecule has 1 aromatic heterocycles. The Hall–Kier alpha value is -2.33. The summed E-state index contributed by atoms with van der Waals surface area (Å²) in [6.07, 6.45) is 3.39. The van der Waals surface area contributed by atoms with Gasteiger partial charge in [0.05, 0.1) is 6.04 Å². The van der Waals surface area contributed by atoms with Crippen molar-refractivity contribution in [2.24, 2.45) is 0 Å². The molecule has 0 aliphatic carbocycles. The largest absolute Gasteiger partial charge is 0.339 e. The van der Waals surface area contributed by atoms with E-state index in [4.69, 9.17) is 11.6 Å². The summed E-state index contributed by atoms with van der Waals surface area (Å²) in [5, 5.41) is 0.163. The van der Waals surface area contributed by atoms with Crippen molar-refractivity contribution >= 4 is 23.1 Å². The molecule has 3 rings (SSSR count). The molecule has 1 saturated heterocycles. The van der Waals surface area contributed by atoms with Gasteiger partial charge in [-0.2, -0.15) is 0 Å². The molecule has 1 aromatic carbocycles. The Morgan fingerprint density at radius 3 is 2.42 bits per heavy atom. The quantitative estimate of drug-likeness (QED) is 0.876. The lowest BCUT2D eigenvalue weighted by Crippen LogP contribution is -2.27. The fraction of sp³-hybridized carbons (Fsp3) is 0.333. The monoisotopic (exact) mass is 370 g/mol. The highest BCUT2D eigenvalue weighted by molar-refractivity contribution is 6.30. The van der Waals surface area contributed by atoms with E-state index in [0.29, 0.717) is 18.0 Å². The molecule has 136 valence electrons. The van der Waals surface area contributed by atoms with Crippen molar-refractivity contribution in [2.45, 2.75) is 38.6 Å². The lowest BCUT2D eigenvalue weighted by atomic mass is 9.95. The number of amides is 1. The summed E-state index contributed by atoms with van der Waals surface area (Å²) in [7, 11) is 1.82. The van der Waals surface area contributed by atoms with Crippen LogP contribution in [0, 0.1) is 0 Å². The van der Waals surface area contributed by atoms with Gasteiger partial charge in [0, 0.05) is 24.7 Å². The number of pyridine rings is 1. The van der Waals surface area contributed by atoms with Gasteiger partial charge in [0.25, 0.3) is 5.56 Å². The lowest BCUT2D eigenvalue weighted by Gasteiger charge is -2.19. The van der Waals surface area contributed by atoms with E-state index in [1.807, 2.05) is 13.1 Å².